The highest BCUT2D eigenvalue weighted by Crippen LogP contribution is 2.26. The second kappa shape index (κ2) is 5.79. The van der Waals surface area contributed by atoms with Crippen molar-refractivity contribution in [2.24, 2.45) is 0 Å². The van der Waals surface area contributed by atoms with Crippen LogP contribution in [0.25, 0.3) is 0 Å². The number of rotatable bonds is 3. The first-order valence-corrected chi connectivity index (χ1v) is 7.79. The maximum Gasteiger partial charge on any atom is 0.305 e. The van der Waals surface area contributed by atoms with E-state index in [1.165, 1.54) is 0 Å². The summed E-state index contributed by atoms with van der Waals surface area (Å²) in [7, 11) is 0. The van der Waals surface area contributed by atoms with Crippen molar-refractivity contribution in [1.29, 1.82) is 0 Å². The molecule has 2 rings (SSSR count). The average molecular weight is 301 g/mol. The van der Waals surface area contributed by atoms with Crippen LogP contribution in [0, 0.1) is 6.92 Å². The van der Waals surface area contributed by atoms with Crippen LogP contribution in [-0.4, -0.2) is 51.0 Å². The Kier molecular flexibility index (Phi) is 4.31. The van der Waals surface area contributed by atoms with Crippen molar-refractivity contribution in [3.05, 3.63) is 10.6 Å². The Balaban J connectivity index is 2.19. The first kappa shape index (κ1) is 14.1. The molecule has 1 aromatic heterocycles. The maximum atomic E-state index is 12.5. The molecule has 0 aromatic carbocycles. The van der Waals surface area contributed by atoms with Gasteiger partial charge in [0, 0.05) is 18.1 Å². The molecule has 0 radical (unpaired) electrons. The molecule has 0 spiro atoms. The van der Waals surface area contributed by atoms with Crippen LogP contribution < -0.4 is 5.73 Å². The van der Waals surface area contributed by atoms with Crippen LogP contribution in [0.3, 0.4) is 0 Å². The lowest BCUT2D eigenvalue weighted by molar-refractivity contribution is -0.138. The number of aromatic nitrogens is 1. The van der Waals surface area contributed by atoms with Crippen LogP contribution in [0.1, 0.15) is 21.8 Å². The van der Waals surface area contributed by atoms with Crippen molar-refractivity contribution in [2.45, 2.75) is 19.4 Å². The number of carbonyl (C=O) groups is 2. The number of nitrogens with zero attached hydrogens (tertiary/aromatic N) is 2. The van der Waals surface area contributed by atoms with E-state index < -0.39 is 5.97 Å². The lowest BCUT2D eigenvalue weighted by atomic mass is 10.2. The number of amides is 1. The van der Waals surface area contributed by atoms with Crippen molar-refractivity contribution in [3.8, 4) is 0 Å². The first-order valence-electron chi connectivity index (χ1n) is 5.82. The van der Waals surface area contributed by atoms with Gasteiger partial charge in [0.1, 0.15) is 4.88 Å². The quantitative estimate of drug-likeness (QED) is 0.866. The number of thiazole rings is 1. The standard InChI is InChI=1S/C11H15N3O3S2/c1-6-9(19-11(12)13-6)10(17)14-2-3-18-5-7(14)4-8(15)16/h7H,2-5H2,1H3,(H2,12,13)(H,15,16). The second-order valence-corrected chi connectivity index (χ2v) is 6.47. The van der Waals surface area contributed by atoms with E-state index in [0.29, 0.717) is 28.0 Å². The van der Waals surface area contributed by atoms with Crippen LogP contribution in [0.5, 0.6) is 0 Å². The minimum Gasteiger partial charge on any atom is -0.481 e. The van der Waals surface area contributed by atoms with Gasteiger partial charge in [-0.2, -0.15) is 11.8 Å². The molecule has 1 amide bonds. The summed E-state index contributed by atoms with van der Waals surface area (Å²) in [6.45, 7) is 2.31. The Morgan fingerprint density at radius 3 is 2.89 bits per heavy atom. The van der Waals surface area contributed by atoms with Crippen molar-refractivity contribution < 1.29 is 14.7 Å². The normalized spacial score (nSPS) is 19.4. The Morgan fingerprint density at radius 2 is 2.32 bits per heavy atom. The molecule has 1 saturated heterocycles. The minimum absolute atomic E-state index is 0.0218. The number of carboxylic acids is 1. The van der Waals surface area contributed by atoms with Gasteiger partial charge in [-0.15, -0.1) is 0 Å². The third-order valence-corrected chi connectivity index (χ3v) is 4.97. The summed E-state index contributed by atoms with van der Waals surface area (Å²) in [4.78, 5) is 29.5. The molecule has 1 aliphatic heterocycles. The molecule has 3 N–H and O–H groups in total. The molecule has 2 heterocycles. The molecule has 1 aliphatic rings. The van der Waals surface area contributed by atoms with Crippen LogP contribution in [-0.2, 0) is 4.79 Å². The third kappa shape index (κ3) is 3.19. The van der Waals surface area contributed by atoms with Gasteiger partial charge in [-0.3, -0.25) is 9.59 Å². The van der Waals surface area contributed by atoms with E-state index in [1.807, 2.05) is 0 Å². The molecule has 8 heteroatoms. The van der Waals surface area contributed by atoms with Gasteiger partial charge in [0.15, 0.2) is 5.13 Å². The zero-order valence-corrected chi connectivity index (χ0v) is 12.1. The molecule has 1 aromatic rings. The van der Waals surface area contributed by atoms with Crippen molar-refractivity contribution in [3.63, 3.8) is 0 Å². The Morgan fingerprint density at radius 1 is 1.58 bits per heavy atom. The highest BCUT2D eigenvalue weighted by atomic mass is 32.2. The maximum absolute atomic E-state index is 12.5. The van der Waals surface area contributed by atoms with Gasteiger partial charge in [0.2, 0.25) is 0 Å². The van der Waals surface area contributed by atoms with Crippen LogP contribution in [0.4, 0.5) is 5.13 Å². The molecule has 1 fully saturated rings. The highest BCUT2D eigenvalue weighted by molar-refractivity contribution is 7.99. The molecule has 6 nitrogen and oxygen atoms in total. The number of hydrogen-bond donors (Lipinski definition) is 2. The summed E-state index contributed by atoms with van der Waals surface area (Å²) in [5.41, 5.74) is 6.21. The summed E-state index contributed by atoms with van der Waals surface area (Å²) in [6, 6.07) is -0.258. The lowest BCUT2D eigenvalue weighted by Crippen LogP contribution is -2.47. The first-order chi connectivity index (χ1) is 8.99. The monoisotopic (exact) mass is 301 g/mol. The summed E-state index contributed by atoms with van der Waals surface area (Å²) < 4.78 is 0. The third-order valence-electron chi connectivity index (χ3n) is 2.91. The van der Waals surface area contributed by atoms with E-state index in [9.17, 15) is 9.59 Å². The molecule has 104 valence electrons. The fourth-order valence-electron chi connectivity index (χ4n) is 2.04. The zero-order valence-electron chi connectivity index (χ0n) is 10.5. The van der Waals surface area contributed by atoms with Crippen LogP contribution >= 0.6 is 23.1 Å². The molecule has 19 heavy (non-hydrogen) atoms. The van der Waals surface area contributed by atoms with Crippen LogP contribution in [0.2, 0.25) is 0 Å². The number of nitrogen functional groups attached to an aromatic ring is 1. The molecular weight excluding hydrogens is 286 g/mol. The number of anilines is 1. The predicted octanol–water partition coefficient (Wildman–Crippen LogP) is 1.07. The smallest absolute Gasteiger partial charge is 0.305 e. The van der Waals surface area contributed by atoms with Gasteiger partial charge in [0.25, 0.3) is 5.91 Å². The van der Waals surface area contributed by atoms with E-state index in [0.717, 1.165) is 17.1 Å². The Labute approximate surface area is 119 Å². The number of thioether (sulfide) groups is 1. The van der Waals surface area contributed by atoms with Gasteiger partial charge in [-0.25, -0.2) is 4.98 Å². The number of carboxylic acid groups (broad SMARTS) is 1. The van der Waals surface area contributed by atoms with Gasteiger partial charge in [-0.1, -0.05) is 11.3 Å². The van der Waals surface area contributed by atoms with Crippen molar-refractivity contribution >= 4 is 40.1 Å². The van der Waals surface area contributed by atoms with Gasteiger partial charge in [0.05, 0.1) is 18.2 Å². The summed E-state index contributed by atoms with van der Waals surface area (Å²) >= 11 is 2.83. The number of aliphatic carboxylic acids is 1. The lowest BCUT2D eigenvalue weighted by Gasteiger charge is -2.34. The summed E-state index contributed by atoms with van der Waals surface area (Å²) in [5.74, 6) is 0.449. The van der Waals surface area contributed by atoms with Crippen molar-refractivity contribution in [1.82, 2.24) is 9.88 Å². The van der Waals surface area contributed by atoms with Gasteiger partial charge >= 0.3 is 5.97 Å². The highest BCUT2D eigenvalue weighted by Gasteiger charge is 2.31. The second-order valence-electron chi connectivity index (χ2n) is 4.29. The largest absolute Gasteiger partial charge is 0.481 e. The van der Waals surface area contributed by atoms with E-state index in [1.54, 1.807) is 23.6 Å². The van der Waals surface area contributed by atoms with Crippen LogP contribution in [0.15, 0.2) is 0 Å². The fraction of sp³-hybridized carbons (Fsp3) is 0.545. The number of carbonyl (C=O) groups excluding carboxylic acids is 1. The molecule has 0 bridgehead atoms. The molecule has 0 saturated carbocycles. The van der Waals surface area contributed by atoms with E-state index in [4.69, 9.17) is 10.8 Å². The predicted molar refractivity (Wildman–Crippen MR) is 75.7 cm³/mol. The molecular formula is C11H15N3O3S2. The number of nitrogens with two attached hydrogens (primary N) is 1. The van der Waals surface area contributed by atoms with Gasteiger partial charge in [-0.05, 0) is 6.92 Å². The van der Waals surface area contributed by atoms with E-state index >= 15 is 0 Å². The topological polar surface area (TPSA) is 96.5 Å². The summed E-state index contributed by atoms with van der Waals surface area (Å²) in [5, 5.41) is 9.28. The number of hydrogen-bond acceptors (Lipinski definition) is 6. The molecule has 0 aliphatic carbocycles. The van der Waals surface area contributed by atoms with E-state index in [-0.39, 0.29) is 18.4 Å². The van der Waals surface area contributed by atoms with Crippen molar-refractivity contribution in [2.75, 3.05) is 23.8 Å². The van der Waals surface area contributed by atoms with E-state index in [2.05, 4.69) is 4.98 Å². The average Bonchev–Trinajstić information content (AvgIpc) is 2.67. The summed E-state index contributed by atoms with van der Waals surface area (Å²) in [6.07, 6.45) is -0.0218. The molecule has 1 atom stereocenters. The minimum atomic E-state index is -0.883. The molecule has 1 unspecified atom stereocenters. The number of aryl methyl sites for hydroxylation is 1. The van der Waals surface area contributed by atoms with Gasteiger partial charge < -0.3 is 15.7 Å². The Bertz CT molecular complexity index is 503. The zero-order chi connectivity index (χ0) is 14.0. The fourth-order valence-corrected chi connectivity index (χ4v) is 3.89. The Hall–Kier alpha value is -1.28. The SMILES string of the molecule is Cc1nc(N)sc1C(=O)N1CCSCC1CC(=O)O.